The molecule has 0 radical (unpaired) electrons. The summed E-state index contributed by atoms with van der Waals surface area (Å²) in [5.74, 6) is 0. The van der Waals surface area contributed by atoms with Gasteiger partial charge in [-0.1, -0.05) is 34.1 Å². The van der Waals surface area contributed by atoms with Gasteiger partial charge in [0.1, 0.15) is 0 Å². The first-order valence-electron chi connectivity index (χ1n) is 8.41. The Balaban J connectivity index is 2.95. The zero-order valence-electron chi connectivity index (χ0n) is 15.6. The average Bonchev–Trinajstić information content (AvgIpc) is 3.05. The standard InChI is InChI=1S/C15H36O3Si3/c1-10-14(11-13-12-16-13)21(9,17-19(5)6)18-20(7,8)15(2,3)4/h13-14,19H,10-12H2,1-9H3. The van der Waals surface area contributed by atoms with Crippen LogP contribution in [0.5, 0.6) is 0 Å². The van der Waals surface area contributed by atoms with Gasteiger partial charge in [-0.25, -0.2) is 0 Å². The van der Waals surface area contributed by atoms with Gasteiger partial charge < -0.3 is 13.0 Å². The van der Waals surface area contributed by atoms with Crippen molar-refractivity contribution in [3.05, 3.63) is 0 Å². The summed E-state index contributed by atoms with van der Waals surface area (Å²) in [5, 5.41) is 0.234. The van der Waals surface area contributed by atoms with E-state index < -0.39 is 25.9 Å². The van der Waals surface area contributed by atoms with Crippen molar-refractivity contribution in [1.29, 1.82) is 0 Å². The summed E-state index contributed by atoms with van der Waals surface area (Å²) in [5.41, 5.74) is 0.550. The van der Waals surface area contributed by atoms with Crippen LogP contribution in [0.1, 0.15) is 40.5 Å². The number of hydrogen-bond acceptors (Lipinski definition) is 3. The maximum absolute atomic E-state index is 6.92. The Morgan fingerprint density at radius 1 is 1.24 bits per heavy atom. The molecule has 1 heterocycles. The van der Waals surface area contributed by atoms with Crippen molar-refractivity contribution in [2.24, 2.45) is 0 Å². The van der Waals surface area contributed by atoms with Gasteiger partial charge >= 0.3 is 8.56 Å². The number of ether oxygens (including phenoxy) is 1. The molecule has 126 valence electrons. The lowest BCUT2D eigenvalue weighted by Crippen LogP contribution is -2.56. The van der Waals surface area contributed by atoms with Crippen molar-refractivity contribution in [1.82, 2.24) is 0 Å². The average molecular weight is 349 g/mol. The Morgan fingerprint density at radius 2 is 1.76 bits per heavy atom. The van der Waals surface area contributed by atoms with Crippen LogP contribution in [0.25, 0.3) is 0 Å². The molecule has 1 rings (SSSR count). The van der Waals surface area contributed by atoms with E-state index in [1.807, 2.05) is 0 Å². The van der Waals surface area contributed by atoms with E-state index in [-0.39, 0.29) is 5.04 Å². The van der Waals surface area contributed by atoms with E-state index in [1.54, 1.807) is 0 Å². The molecule has 1 saturated heterocycles. The van der Waals surface area contributed by atoms with E-state index in [0.29, 0.717) is 11.6 Å². The Hall–Kier alpha value is 0.531. The van der Waals surface area contributed by atoms with Gasteiger partial charge in [0.15, 0.2) is 17.4 Å². The van der Waals surface area contributed by atoms with Crippen molar-refractivity contribution in [3.63, 3.8) is 0 Å². The molecule has 1 fully saturated rings. The fourth-order valence-corrected chi connectivity index (χ4v) is 15.1. The lowest BCUT2D eigenvalue weighted by molar-refractivity contribution is 0.327. The predicted molar refractivity (Wildman–Crippen MR) is 98.3 cm³/mol. The van der Waals surface area contributed by atoms with E-state index in [1.165, 1.54) is 0 Å². The first-order valence-corrected chi connectivity index (χ1v) is 16.5. The predicted octanol–water partition coefficient (Wildman–Crippen LogP) is 4.65. The van der Waals surface area contributed by atoms with Gasteiger partial charge in [0.2, 0.25) is 0 Å². The summed E-state index contributed by atoms with van der Waals surface area (Å²) in [7, 11) is -5.08. The summed E-state index contributed by atoms with van der Waals surface area (Å²) in [6, 6.07) is 0. The molecular weight excluding hydrogens is 312 g/mol. The molecule has 0 aromatic carbocycles. The molecule has 0 spiro atoms. The van der Waals surface area contributed by atoms with Gasteiger partial charge in [0, 0.05) is 5.54 Å². The highest BCUT2D eigenvalue weighted by Crippen LogP contribution is 2.43. The first-order chi connectivity index (χ1) is 9.41. The Bertz CT molecular complexity index is 338. The highest BCUT2D eigenvalue weighted by Gasteiger charge is 2.50. The van der Waals surface area contributed by atoms with Crippen LogP contribution >= 0.6 is 0 Å². The minimum atomic E-state index is -2.17. The minimum absolute atomic E-state index is 0.234. The second kappa shape index (κ2) is 6.97. The maximum atomic E-state index is 6.92. The quantitative estimate of drug-likeness (QED) is 0.472. The van der Waals surface area contributed by atoms with Crippen molar-refractivity contribution < 1.29 is 13.0 Å². The van der Waals surface area contributed by atoms with Crippen LogP contribution in [-0.4, -0.2) is 38.6 Å². The molecule has 3 atom stereocenters. The summed E-state index contributed by atoms with van der Waals surface area (Å²) < 4.78 is 19.0. The molecule has 0 aromatic heterocycles. The van der Waals surface area contributed by atoms with Gasteiger partial charge in [0.05, 0.1) is 12.7 Å². The van der Waals surface area contributed by atoms with Crippen LogP contribution in [0, 0.1) is 0 Å². The molecule has 0 aromatic rings. The topological polar surface area (TPSA) is 31.0 Å². The van der Waals surface area contributed by atoms with Gasteiger partial charge in [-0.2, -0.15) is 0 Å². The van der Waals surface area contributed by atoms with Crippen LogP contribution in [0.4, 0.5) is 0 Å². The summed E-state index contributed by atoms with van der Waals surface area (Å²) >= 11 is 0. The molecule has 1 aliphatic heterocycles. The lowest BCUT2D eigenvalue weighted by Gasteiger charge is -2.46. The zero-order chi connectivity index (χ0) is 16.5. The third-order valence-corrected chi connectivity index (χ3v) is 18.1. The molecule has 6 heteroatoms. The monoisotopic (exact) mass is 348 g/mol. The largest absolute Gasteiger partial charge is 0.439 e. The molecule has 0 aliphatic carbocycles. The molecule has 21 heavy (non-hydrogen) atoms. The summed E-state index contributed by atoms with van der Waals surface area (Å²) in [6.45, 7) is 21.7. The molecule has 0 saturated carbocycles. The molecule has 1 aliphatic rings. The van der Waals surface area contributed by atoms with Crippen LogP contribution in [-0.2, 0) is 13.0 Å². The minimum Gasteiger partial charge on any atom is -0.439 e. The number of rotatable bonds is 8. The molecule has 0 bridgehead atoms. The third-order valence-electron chi connectivity index (χ3n) is 4.92. The van der Waals surface area contributed by atoms with E-state index >= 15 is 0 Å². The Labute approximate surface area is 135 Å². The SMILES string of the molecule is CCC(CC1CO1)[Si](C)(O[SiH](C)C)O[Si](C)(C)C(C)(C)C. The highest BCUT2D eigenvalue weighted by atomic mass is 28.5. The van der Waals surface area contributed by atoms with E-state index in [0.717, 1.165) is 19.4 Å². The molecule has 0 amide bonds. The van der Waals surface area contributed by atoms with Gasteiger partial charge in [-0.05, 0) is 44.2 Å². The molecule has 3 unspecified atom stereocenters. The summed E-state index contributed by atoms with van der Waals surface area (Å²) in [4.78, 5) is 0. The molecule has 0 N–H and O–H groups in total. The normalized spacial score (nSPS) is 24.0. The van der Waals surface area contributed by atoms with Gasteiger partial charge in [0.25, 0.3) is 0 Å². The Morgan fingerprint density at radius 3 is 2.10 bits per heavy atom. The van der Waals surface area contributed by atoms with Crippen LogP contribution in [0.15, 0.2) is 0 Å². The van der Waals surface area contributed by atoms with Gasteiger partial charge in [-0.15, -0.1) is 0 Å². The van der Waals surface area contributed by atoms with E-state index in [4.69, 9.17) is 13.0 Å². The van der Waals surface area contributed by atoms with Gasteiger partial charge in [-0.3, -0.25) is 0 Å². The lowest BCUT2D eigenvalue weighted by atomic mass is 10.2. The van der Waals surface area contributed by atoms with E-state index in [9.17, 15) is 0 Å². The van der Waals surface area contributed by atoms with Crippen molar-refractivity contribution >= 4 is 25.9 Å². The fourth-order valence-electron chi connectivity index (χ4n) is 2.60. The maximum Gasteiger partial charge on any atom is 0.317 e. The van der Waals surface area contributed by atoms with Crippen LogP contribution in [0.3, 0.4) is 0 Å². The third kappa shape index (κ3) is 5.58. The highest BCUT2D eigenvalue weighted by molar-refractivity contribution is 6.87. The second-order valence-corrected chi connectivity index (χ2v) is 19.6. The number of hydrogen-bond donors (Lipinski definition) is 0. The fraction of sp³-hybridized carbons (Fsp3) is 1.00. The molecule has 3 nitrogen and oxygen atoms in total. The van der Waals surface area contributed by atoms with Crippen LogP contribution < -0.4 is 0 Å². The van der Waals surface area contributed by atoms with Crippen molar-refractivity contribution in [3.8, 4) is 0 Å². The first kappa shape index (κ1) is 19.6. The molecular formula is C15H36O3Si3. The smallest absolute Gasteiger partial charge is 0.317 e. The van der Waals surface area contributed by atoms with Crippen LogP contribution in [0.2, 0.25) is 43.3 Å². The second-order valence-electron chi connectivity index (χ2n) is 8.34. The van der Waals surface area contributed by atoms with Crippen molar-refractivity contribution in [2.45, 2.75) is 90.0 Å². The Kier molecular flexibility index (Phi) is 6.49. The number of epoxide rings is 1. The zero-order valence-corrected chi connectivity index (χ0v) is 18.7. The van der Waals surface area contributed by atoms with E-state index in [2.05, 4.69) is 60.4 Å². The summed E-state index contributed by atoms with van der Waals surface area (Å²) in [6.07, 6.45) is 2.72. The van der Waals surface area contributed by atoms with Crippen molar-refractivity contribution in [2.75, 3.05) is 6.61 Å².